The molecule has 3 atom stereocenters. The Balaban J connectivity index is 1.44. The zero-order valence-corrected chi connectivity index (χ0v) is 17.2. The van der Waals surface area contributed by atoms with Crippen LogP contribution in [0.5, 0.6) is 0 Å². The second kappa shape index (κ2) is 9.25. The molecule has 1 saturated carbocycles. The van der Waals surface area contributed by atoms with Crippen LogP contribution in [-0.2, 0) is 19.1 Å². The van der Waals surface area contributed by atoms with E-state index in [9.17, 15) is 19.2 Å². The Morgan fingerprint density at radius 1 is 0.871 bits per heavy atom. The summed E-state index contributed by atoms with van der Waals surface area (Å²) in [6.07, 6.45) is 2.16. The van der Waals surface area contributed by atoms with Gasteiger partial charge in [-0.05, 0) is 12.8 Å². The maximum atomic E-state index is 13.0. The monoisotopic (exact) mass is 419 g/mol. The fourth-order valence-electron chi connectivity index (χ4n) is 4.50. The molecule has 2 aromatic rings. The van der Waals surface area contributed by atoms with Crippen LogP contribution in [0.15, 0.2) is 60.7 Å². The van der Waals surface area contributed by atoms with E-state index >= 15 is 0 Å². The molecule has 4 rings (SSSR count). The van der Waals surface area contributed by atoms with Gasteiger partial charge in [-0.15, -0.1) is 0 Å². The Hall–Kier alpha value is -3.28. The van der Waals surface area contributed by atoms with Crippen LogP contribution in [-0.4, -0.2) is 35.0 Å². The van der Waals surface area contributed by atoms with E-state index < -0.39 is 12.1 Å². The molecule has 1 aliphatic carbocycles. The molecule has 0 aromatic heterocycles. The lowest BCUT2D eigenvalue weighted by atomic mass is 9.81. The van der Waals surface area contributed by atoms with E-state index in [1.807, 2.05) is 12.1 Å². The molecule has 2 aromatic carbocycles. The highest BCUT2D eigenvalue weighted by Gasteiger charge is 2.47. The number of hydrogen-bond acceptors (Lipinski definition) is 5. The van der Waals surface area contributed by atoms with Crippen LogP contribution in [0, 0.1) is 11.8 Å². The summed E-state index contributed by atoms with van der Waals surface area (Å²) < 4.78 is 5.56. The molecule has 2 amide bonds. The predicted octanol–water partition coefficient (Wildman–Crippen LogP) is 3.72. The molecule has 0 bridgehead atoms. The minimum Gasteiger partial charge on any atom is -0.449 e. The Labute approximate surface area is 181 Å². The number of fused-ring (bicyclic) bond motifs is 1. The molecule has 0 N–H and O–H groups in total. The standard InChI is InChI=1S/C25H25NO5/c27-21(15-16-26-24(29)19-13-7-8-14-20(19)25(26)30)31-23(18-11-5-2-6-12-18)22(28)17-9-3-1-4-10-17/h1-6,9-12,19-20,23H,7-8,13-16H2/t19-,20+,23-/m0/s1. The molecule has 31 heavy (non-hydrogen) atoms. The van der Waals surface area contributed by atoms with Gasteiger partial charge in [-0.1, -0.05) is 73.5 Å². The van der Waals surface area contributed by atoms with Crippen molar-refractivity contribution in [1.29, 1.82) is 0 Å². The zero-order chi connectivity index (χ0) is 21.8. The van der Waals surface area contributed by atoms with Gasteiger partial charge in [0, 0.05) is 17.7 Å². The molecular weight excluding hydrogens is 394 g/mol. The third-order valence-electron chi connectivity index (χ3n) is 6.12. The van der Waals surface area contributed by atoms with Crippen molar-refractivity contribution < 1.29 is 23.9 Å². The van der Waals surface area contributed by atoms with Crippen molar-refractivity contribution in [1.82, 2.24) is 4.90 Å². The first kappa shape index (κ1) is 21.0. The molecule has 6 nitrogen and oxygen atoms in total. The molecule has 1 heterocycles. The van der Waals surface area contributed by atoms with Crippen LogP contribution in [0.2, 0.25) is 0 Å². The lowest BCUT2D eigenvalue weighted by molar-refractivity contribution is -0.148. The van der Waals surface area contributed by atoms with Crippen molar-refractivity contribution in [3.05, 3.63) is 71.8 Å². The second-order valence-electron chi connectivity index (χ2n) is 8.09. The number of ketones is 1. The Kier molecular flexibility index (Phi) is 6.26. The third-order valence-corrected chi connectivity index (χ3v) is 6.12. The summed E-state index contributed by atoms with van der Waals surface area (Å²) in [5.74, 6) is -1.78. The van der Waals surface area contributed by atoms with Crippen LogP contribution >= 0.6 is 0 Å². The van der Waals surface area contributed by atoms with Gasteiger partial charge in [-0.25, -0.2) is 0 Å². The fraction of sp³-hybridized carbons (Fsp3) is 0.360. The largest absolute Gasteiger partial charge is 0.449 e. The van der Waals surface area contributed by atoms with Gasteiger partial charge in [0.1, 0.15) is 0 Å². The minimum absolute atomic E-state index is 0.00939. The average molecular weight is 419 g/mol. The van der Waals surface area contributed by atoms with Crippen molar-refractivity contribution in [2.45, 2.75) is 38.2 Å². The first-order valence-electron chi connectivity index (χ1n) is 10.7. The number of imide groups is 1. The van der Waals surface area contributed by atoms with Crippen LogP contribution in [0.25, 0.3) is 0 Å². The van der Waals surface area contributed by atoms with Crippen LogP contribution in [0.4, 0.5) is 0 Å². The molecule has 0 spiro atoms. The molecular formula is C25H25NO5. The highest BCUT2D eigenvalue weighted by atomic mass is 16.5. The summed E-state index contributed by atoms with van der Waals surface area (Å²) in [5.41, 5.74) is 1.02. The van der Waals surface area contributed by atoms with E-state index in [1.165, 1.54) is 4.90 Å². The summed E-state index contributed by atoms with van der Waals surface area (Å²) >= 11 is 0. The number of ether oxygens (including phenoxy) is 1. The van der Waals surface area contributed by atoms with Gasteiger partial charge in [0.15, 0.2) is 6.10 Å². The molecule has 1 aliphatic heterocycles. The van der Waals surface area contributed by atoms with Gasteiger partial charge in [-0.3, -0.25) is 24.1 Å². The van der Waals surface area contributed by atoms with Gasteiger partial charge >= 0.3 is 5.97 Å². The molecule has 0 radical (unpaired) electrons. The van der Waals surface area contributed by atoms with Crippen molar-refractivity contribution in [2.24, 2.45) is 11.8 Å². The van der Waals surface area contributed by atoms with Gasteiger partial charge in [0.25, 0.3) is 0 Å². The number of nitrogens with zero attached hydrogens (tertiary/aromatic N) is 1. The number of carbonyl (C=O) groups excluding carboxylic acids is 4. The van der Waals surface area contributed by atoms with Crippen LogP contribution in [0.3, 0.4) is 0 Å². The minimum atomic E-state index is -1.08. The summed E-state index contributed by atoms with van der Waals surface area (Å²) in [6.45, 7) is -0.00939. The summed E-state index contributed by atoms with van der Waals surface area (Å²) in [4.78, 5) is 52.0. The van der Waals surface area contributed by atoms with Gasteiger partial charge in [0.2, 0.25) is 17.6 Å². The van der Waals surface area contributed by atoms with E-state index in [2.05, 4.69) is 0 Å². The fourth-order valence-corrected chi connectivity index (χ4v) is 4.50. The normalized spacial score (nSPS) is 21.5. The van der Waals surface area contributed by atoms with E-state index in [-0.39, 0.29) is 42.4 Å². The number of carbonyl (C=O) groups is 4. The lowest BCUT2D eigenvalue weighted by Gasteiger charge is -2.19. The Morgan fingerprint density at radius 2 is 1.42 bits per heavy atom. The SMILES string of the molecule is O=C(CCN1C(=O)[C@H]2CCCC[C@H]2C1=O)O[C@H](C(=O)c1ccccc1)c1ccccc1. The van der Waals surface area contributed by atoms with Crippen LogP contribution in [0.1, 0.15) is 54.1 Å². The number of Topliss-reactive ketones (excluding diaryl/α,β-unsaturated/α-hetero) is 1. The first-order chi connectivity index (χ1) is 15.1. The molecule has 1 saturated heterocycles. The smallest absolute Gasteiger partial charge is 0.308 e. The first-order valence-corrected chi connectivity index (χ1v) is 10.7. The predicted molar refractivity (Wildman–Crippen MR) is 113 cm³/mol. The molecule has 6 heteroatoms. The van der Waals surface area contributed by atoms with E-state index in [1.54, 1.807) is 48.5 Å². The van der Waals surface area contributed by atoms with Crippen molar-refractivity contribution >= 4 is 23.6 Å². The van der Waals surface area contributed by atoms with Crippen molar-refractivity contribution in [3.63, 3.8) is 0 Å². The summed E-state index contributed by atoms with van der Waals surface area (Å²) in [7, 11) is 0. The highest BCUT2D eigenvalue weighted by Crippen LogP contribution is 2.38. The molecule has 160 valence electrons. The van der Waals surface area contributed by atoms with Gasteiger partial charge in [-0.2, -0.15) is 0 Å². The van der Waals surface area contributed by atoms with Crippen molar-refractivity contribution in [3.8, 4) is 0 Å². The summed E-state index contributed by atoms with van der Waals surface area (Å²) in [5, 5.41) is 0. The van der Waals surface area contributed by atoms with Crippen molar-refractivity contribution in [2.75, 3.05) is 6.54 Å². The van der Waals surface area contributed by atoms with Gasteiger partial charge in [0.05, 0.1) is 18.3 Å². The topological polar surface area (TPSA) is 80.8 Å². The summed E-state index contributed by atoms with van der Waals surface area (Å²) in [6, 6.07) is 17.5. The Morgan fingerprint density at radius 3 is 2.00 bits per heavy atom. The Bertz CT molecular complexity index is 948. The lowest BCUT2D eigenvalue weighted by Crippen LogP contribution is -2.33. The average Bonchev–Trinajstić information content (AvgIpc) is 3.06. The number of benzene rings is 2. The number of amides is 2. The number of esters is 1. The van der Waals surface area contributed by atoms with E-state index in [0.29, 0.717) is 11.1 Å². The third kappa shape index (κ3) is 4.43. The zero-order valence-electron chi connectivity index (χ0n) is 17.2. The number of rotatable bonds is 7. The van der Waals surface area contributed by atoms with Gasteiger partial charge < -0.3 is 4.74 Å². The number of hydrogen-bond donors (Lipinski definition) is 0. The molecule has 2 fully saturated rings. The number of likely N-dealkylation sites (tertiary alicyclic amines) is 1. The van der Waals surface area contributed by atoms with E-state index in [4.69, 9.17) is 4.74 Å². The second-order valence-corrected chi connectivity index (χ2v) is 8.09. The van der Waals surface area contributed by atoms with Crippen LogP contribution < -0.4 is 0 Å². The molecule has 0 unspecified atom stereocenters. The highest BCUT2D eigenvalue weighted by molar-refractivity contribution is 6.05. The maximum Gasteiger partial charge on any atom is 0.308 e. The van der Waals surface area contributed by atoms with E-state index in [0.717, 1.165) is 25.7 Å². The quantitative estimate of drug-likeness (QED) is 0.388. The maximum absolute atomic E-state index is 13.0. The molecule has 2 aliphatic rings.